The highest BCUT2D eigenvalue weighted by Gasteiger charge is 2.62. The van der Waals surface area contributed by atoms with E-state index < -0.39 is 29.0 Å². The van der Waals surface area contributed by atoms with Crippen molar-refractivity contribution >= 4 is 17.1 Å². The Morgan fingerprint density at radius 1 is 0.969 bits per heavy atom. The molecule has 1 aromatic rings. The molecule has 32 heavy (non-hydrogen) atoms. The average Bonchev–Trinajstić information content (AvgIpc) is 3.16. The van der Waals surface area contributed by atoms with Crippen LogP contribution < -0.4 is 11.2 Å². The predicted molar refractivity (Wildman–Crippen MR) is 126 cm³/mol. The molecule has 4 atom stereocenters. The fraction of sp³-hybridized carbons (Fsp3) is 0.818. The first kappa shape index (κ1) is 24.1. The van der Waals surface area contributed by atoms with Crippen LogP contribution in [-0.2, 0) is 24.1 Å². The smallest absolute Gasteiger partial charge is 0.335 e. The van der Waals surface area contributed by atoms with E-state index in [0.29, 0.717) is 18.7 Å². The minimum absolute atomic E-state index is 0.0493. The monoisotopic (exact) mass is 482 g/mol. The molecule has 0 saturated carbocycles. The van der Waals surface area contributed by atoms with E-state index >= 15 is 0 Å². The molecule has 4 heterocycles. The van der Waals surface area contributed by atoms with Gasteiger partial charge in [0.05, 0.1) is 12.7 Å². The zero-order chi connectivity index (χ0) is 23.6. The Balaban J connectivity index is 1.79. The van der Waals surface area contributed by atoms with Gasteiger partial charge >= 0.3 is 22.8 Å². The van der Waals surface area contributed by atoms with E-state index in [2.05, 4.69) is 60.4 Å². The van der Waals surface area contributed by atoms with E-state index in [1.807, 2.05) is 0 Å². The number of H-pyrrole nitrogens is 1. The summed E-state index contributed by atoms with van der Waals surface area (Å²) in [6.45, 7) is 18.0. The van der Waals surface area contributed by atoms with Gasteiger partial charge in [-0.3, -0.25) is 14.3 Å². The number of ether oxygens (including phenoxy) is 1. The van der Waals surface area contributed by atoms with Gasteiger partial charge in [-0.2, -0.15) is 0 Å². The molecule has 0 amide bonds. The molecular weight excluding hydrogens is 444 g/mol. The highest BCUT2D eigenvalue weighted by atomic mass is 28.5. The summed E-state index contributed by atoms with van der Waals surface area (Å²) in [5, 5.41) is 0. The molecule has 0 radical (unpaired) electrons. The van der Waals surface area contributed by atoms with Crippen LogP contribution in [0.3, 0.4) is 0 Å². The van der Waals surface area contributed by atoms with Gasteiger partial charge in [0.1, 0.15) is 12.3 Å². The Bertz CT molecular complexity index is 956. The second-order valence-corrected chi connectivity index (χ2v) is 19.6. The molecule has 3 aliphatic heterocycles. The molecule has 8 nitrogen and oxygen atoms in total. The van der Waals surface area contributed by atoms with Crippen molar-refractivity contribution in [3.8, 4) is 0 Å². The van der Waals surface area contributed by atoms with E-state index in [1.54, 1.807) is 4.57 Å². The summed E-state index contributed by atoms with van der Waals surface area (Å²) >= 11 is 0. The van der Waals surface area contributed by atoms with Crippen molar-refractivity contribution in [2.45, 2.75) is 102 Å². The number of hydrogen-bond donors (Lipinski definition) is 1. The van der Waals surface area contributed by atoms with Crippen molar-refractivity contribution in [1.29, 1.82) is 0 Å². The summed E-state index contributed by atoms with van der Waals surface area (Å²) < 4.78 is 29.2. The third-order valence-corrected chi connectivity index (χ3v) is 17.8. The van der Waals surface area contributed by atoms with Gasteiger partial charge in [-0.1, -0.05) is 55.4 Å². The quantitative estimate of drug-likeness (QED) is 0.660. The molecule has 1 N–H and O–H groups in total. The first-order valence-electron chi connectivity index (χ1n) is 11.9. The second kappa shape index (κ2) is 8.32. The van der Waals surface area contributed by atoms with Gasteiger partial charge in [0, 0.05) is 17.7 Å². The van der Waals surface area contributed by atoms with Crippen LogP contribution >= 0.6 is 0 Å². The molecule has 0 spiro atoms. The van der Waals surface area contributed by atoms with E-state index in [4.69, 9.17) is 17.7 Å². The van der Waals surface area contributed by atoms with E-state index in [9.17, 15) is 9.59 Å². The molecule has 2 fully saturated rings. The van der Waals surface area contributed by atoms with Gasteiger partial charge in [0.25, 0.3) is 5.56 Å². The lowest BCUT2D eigenvalue weighted by Gasteiger charge is -2.51. The number of aromatic nitrogens is 2. The van der Waals surface area contributed by atoms with E-state index in [0.717, 1.165) is 0 Å². The first-order valence-corrected chi connectivity index (χ1v) is 15.9. The zero-order valence-corrected chi connectivity index (χ0v) is 22.5. The SMILES string of the molecule is CC(C)[Si]1(C(C)C)OC[C@H]2O[C@@H]3[C@@H](Cc4cc(=O)[nH]c(=O)n43)[C@@H]2O[Si](C(C)C)(C(C)C)O1. The van der Waals surface area contributed by atoms with Crippen molar-refractivity contribution in [2.24, 2.45) is 5.92 Å². The fourth-order valence-corrected chi connectivity index (χ4v) is 17.2. The Hall–Kier alpha value is -1.05. The Morgan fingerprint density at radius 3 is 2.12 bits per heavy atom. The molecule has 10 heteroatoms. The number of nitrogens with zero attached hydrogens (tertiary/aromatic N) is 1. The lowest BCUT2D eigenvalue weighted by molar-refractivity contribution is -0.0564. The van der Waals surface area contributed by atoms with Crippen LogP contribution in [0, 0.1) is 5.92 Å². The van der Waals surface area contributed by atoms with E-state index in [1.165, 1.54) is 6.07 Å². The molecule has 180 valence electrons. The normalized spacial score (nSPS) is 31.0. The summed E-state index contributed by atoms with van der Waals surface area (Å²) in [5.74, 6) is -0.0493. The maximum atomic E-state index is 12.6. The Labute approximate surface area is 192 Å². The van der Waals surface area contributed by atoms with Gasteiger partial charge in [-0.15, -0.1) is 0 Å². The topological polar surface area (TPSA) is 91.8 Å². The van der Waals surface area contributed by atoms with Crippen molar-refractivity contribution < 1.29 is 17.7 Å². The minimum Gasteiger partial charge on any atom is -0.414 e. The highest BCUT2D eigenvalue weighted by molar-refractivity contribution is 6.83. The van der Waals surface area contributed by atoms with Crippen molar-refractivity contribution in [1.82, 2.24) is 9.55 Å². The van der Waals surface area contributed by atoms with Crippen molar-refractivity contribution in [3.05, 3.63) is 32.6 Å². The molecule has 0 bridgehead atoms. The molecule has 0 unspecified atom stereocenters. The van der Waals surface area contributed by atoms with Gasteiger partial charge in [-0.25, -0.2) is 4.79 Å². The molecule has 2 saturated heterocycles. The maximum Gasteiger partial charge on any atom is 0.335 e. The lowest BCUT2D eigenvalue weighted by Crippen LogP contribution is -2.65. The summed E-state index contributed by atoms with van der Waals surface area (Å²) in [6.07, 6.45) is -0.388. The lowest BCUT2D eigenvalue weighted by atomic mass is 9.98. The Morgan fingerprint density at radius 2 is 1.56 bits per heavy atom. The number of aromatic amines is 1. The van der Waals surface area contributed by atoms with Crippen LogP contribution in [0.2, 0.25) is 22.2 Å². The summed E-state index contributed by atoms with van der Waals surface area (Å²) in [7, 11) is -5.38. The predicted octanol–water partition coefficient (Wildman–Crippen LogP) is 3.56. The number of nitrogens with one attached hydrogen (secondary N) is 1. The molecule has 0 aromatic carbocycles. The minimum atomic E-state index is -2.75. The van der Waals surface area contributed by atoms with Crippen molar-refractivity contribution in [2.75, 3.05) is 6.61 Å². The van der Waals surface area contributed by atoms with Crippen LogP contribution in [-0.4, -0.2) is 45.5 Å². The van der Waals surface area contributed by atoms with E-state index in [-0.39, 0.29) is 45.8 Å². The third-order valence-electron chi connectivity index (χ3n) is 7.56. The summed E-state index contributed by atoms with van der Waals surface area (Å²) in [4.78, 5) is 26.8. The van der Waals surface area contributed by atoms with Crippen LogP contribution in [0.1, 0.15) is 67.3 Å². The van der Waals surface area contributed by atoms with Crippen LogP contribution in [0.15, 0.2) is 15.7 Å². The molecule has 3 aliphatic rings. The number of fused-ring (bicyclic) bond motifs is 5. The second-order valence-electron chi connectivity index (χ2n) is 10.8. The third kappa shape index (κ3) is 3.54. The van der Waals surface area contributed by atoms with Crippen LogP contribution in [0.25, 0.3) is 0 Å². The molecule has 0 aliphatic carbocycles. The summed E-state index contributed by atoms with van der Waals surface area (Å²) in [6, 6.07) is 1.50. The number of hydrogen-bond acceptors (Lipinski definition) is 6. The number of rotatable bonds is 4. The summed E-state index contributed by atoms with van der Waals surface area (Å²) in [5.41, 5.74) is 0.885. The largest absolute Gasteiger partial charge is 0.414 e. The molecule has 4 rings (SSSR count). The average molecular weight is 483 g/mol. The van der Waals surface area contributed by atoms with Crippen molar-refractivity contribution in [3.63, 3.8) is 0 Å². The molecular formula is C22H38N2O6Si2. The maximum absolute atomic E-state index is 12.6. The fourth-order valence-electron chi connectivity index (χ4n) is 5.93. The van der Waals surface area contributed by atoms with Crippen LogP contribution in [0.5, 0.6) is 0 Å². The van der Waals surface area contributed by atoms with Gasteiger partial charge in [0.2, 0.25) is 0 Å². The van der Waals surface area contributed by atoms with Gasteiger partial charge < -0.3 is 17.7 Å². The molecule has 1 aromatic heterocycles. The standard InChI is InChI=1S/C22H38N2O6Si2/c1-12(2)31(13(3)4)27-11-18-20(29-32(30-31,14(5)6)15(7)8)17-9-16-10-19(25)23-22(26)24(16)21(17)28-18/h10,12-15,17-18,20-21H,9,11H2,1-8H3,(H,23,25,26)/t17-,18+,20-,21+/m0/s1. The van der Waals surface area contributed by atoms with Gasteiger partial charge in [-0.05, 0) is 28.6 Å². The zero-order valence-electron chi connectivity index (χ0n) is 20.5. The Kier molecular flexibility index (Phi) is 6.26. The van der Waals surface area contributed by atoms with Gasteiger partial charge in [0.15, 0.2) is 0 Å². The van der Waals surface area contributed by atoms with Crippen LogP contribution in [0.4, 0.5) is 0 Å². The first-order chi connectivity index (χ1) is 14.9. The highest BCUT2D eigenvalue weighted by Crippen LogP contribution is 2.51.